The van der Waals surface area contributed by atoms with Gasteiger partial charge in [-0.15, -0.1) is 11.6 Å². The minimum absolute atomic E-state index is 0.114. The van der Waals surface area contributed by atoms with E-state index in [2.05, 4.69) is 160 Å². The number of anilines is 2. The van der Waals surface area contributed by atoms with E-state index in [1.807, 2.05) is 7.05 Å². The number of hydrogen-bond acceptors (Lipinski definition) is 2. The van der Waals surface area contributed by atoms with Gasteiger partial charge in [-0.05, 0) is 80.4 Å². The Labute approximate surface area is 279 Å². The first-order valence-electron chi connectivity index (χ1n) is 15.6. The highest BCUT2D eigenvalue weighted by atomic mass is 35.5. The third kappa shape index (κ3) is 5.75. The van der Waals surface area contributed by atoms with E-state index in [4.69, 9.17) is 11.6 Å². The van der Waals surface area contributed by atoms with E-state index in [1.165, 1.54) is 61.6 Å². The number of alkyl halides is 1. The number of nitrogens with zero attached hydrogens (tertiary/aromatic N) is 1. The summed E-state index contributed by atoms with van der Waals surface area (Å²) in [5.74, 6) is 0. The molecule has 2 aliphatic rings. The minimum Gasteiger partial charge on any atom is -0.388 e. The number of rotatable bonds is 6. The molecule has 1 aliphatic carbocycles. The number of halogens is 2. The molecule has 0 spiro atoms. The fraction of sp³-hybridized carbons (Fsp3) is 0.268. The van der Waals surface area contributed by atoms with Crippen molar-refractivity contribution in [2.75, 3.05) is 30.7 Å². The van der Waals surface area contributed by atoms with E-state index in [9.17, 15) is 0 Å². The second kappa shape index (κ2) is 12.9. The van der Waals surface area contributed by atoms with Crippen LogP contribution in [0.2, 0.25) is 0 Å². The largest absolute Gasteiger partial charge is 0.388 e. The summed E-state index contributed by atoms with van der Waals surface area (Å²) in [5, 5.41) is 9.37. The monoisotopic (exact) mass is 634 g/mol. The third-order valence-electron chi connectivity index (χ3n) is 9.68. The number of benzene rings is 4. The van der Waals surface area contributed by atoms with Crippen LogP contribution in [0.4, 0.5) is 11.4 Å². The predicted molar refractivity (Wildman–Crippen MR) is 200 cm³/mol. The topological polar surface area (TPSA) is 15.3 Å². The summed E-state index contributed by atoms with van der Waals surface area (Å²) in [5.41, 5.74) is 9.36. The quantitative estimate of drug-likeness (QED) is 0.168. The summed E-state index contributed by atoms with van der Waals surface area (Å²) in [4.78, 5) is 2.34. The Balaban J connectivity index is 0.00000196. The standard InChI is InChI=1S/C40H41ClN2.CH3Cl/c1-26(39(2,3)36-31-14-10-8-12-27(31)20-23-33(36)42-6)16-17-29-18-19-30(38(29)41)22-25-35-40(4,5)37-32-15-11-9-13-28(32)21-24-34(37)43(35)7;1-2/h8-17,20-25,42H,1,18-19H2,2-7H3;1H3/b17-16+,30-22-,35-25-;. The molecule has 4 aromatic carbocycles. The molecule has 1 N–H and O–H groups in total. The lowest BCUT2D eigenvalue weighted by Gasteiger charge is -2.30. The van der Waals surface area contributed by atoms with Crippen molar-refractivity contribution < 1.29 is 0 Å². The van der Waals surface area contributed by atoms with Gasteiger partial charge in [0, 0.05) is 53.4 Å². The molecule has 0 atom stereocenters. The van der Waals surface area contributed by atoms with Gasteiger partial charge in [-0.2, -0.15) is 0 Å². The van der Waals surface area contributed by atoms with Crippen molar-refractivity contribution in [1.29, 1.82) is 0 Å². The van der Waals surface area contributed by atoms with E-state index < -0.39 is 0 Å². The van der Waals surface area contributed by atoms with Crippen LogP contribution in [0.15, 0.2) is 131 Å². The van der Waals surface area contributed by atoms with Crippen molar-refractivity contribution >= 4 is 56.1 Å². The summed E-state index contributed by atoms with van der Waals surface area (Å²) in [7, 11) is 4.16. The van der Waals surface area contributed by atoms with Crippen LogP contribution in [0.25, 0.3) is 21.5 Å². The molecule has 0 unspecified atom stereocenters. The first-order valence-corrected chi connectivity index (χ1v) is 16.7. The Kier molecular flexibility index (Phi) is 9.40. The summed E-state index contributed by atoms with van der Waals surface area (Å²) in [6, 6.07) is 26.1. The smallest absolute Gasteiger partial charge is 0.0470 e. The van der Waals surface area contributed by atoms with Crippen LogP contribution in [0, 0.1) is 0 Å². The van der Waals surface area contributed by atoms with E-state index in [0.717, 1.165) is 29.1 Å². The zero-order valence-corrected chi connectivity index (χ0v) is 29.1. The molecule has 4 aromatic rings. The highest BCUT2D eigenvalue weighted by Crippen LogP contribution is 2.50. The Morgan fingerprint density at radius 1 is 0.889 bits per heavy atom. The Bertz CT molecular complexity index is 1900. The molecule has 0 aromatic heterocycles. The van der Waals surface area contributed by atoms with Crippen LogP contribution >= 0.6 is 23.2 Å². The van der Waals surface area contributed by atoms with Crippen molar-refractivity contribution in [3.63, 3.8) is 0 Å². The number of fused-ring (bicyclic) bond motifs is 4. The number of allylic oxidation sites excluding steroid dienone is 9. The van der Waals surface area contributed by atoms with Crippen molar-refractivity contribution in [3.05, 3.63) is 142 Å². The maximum absolute atomic E-state index is 7.02. The lowest BCUT2D eigenvalue weighted by molar-refractivity contribution is 0.645. The molecule has 0 fully saturated rings. The van der Waals surface area contributed by atoms with Crippen molar-refractivity contribution in [2.24, 2.45) is 0 Å². The summed E-state index contributed by atoms with van der Waals surface area (Å²) < 4.78 is 0. The molecule has 0 saturated heterocycles. The van der Waals surface area contributed by atoms with E-state index in [-0.39, 0.29) is 10.8 Å². The third-order valence-corrected chi connectivity index (χ3v) is 10.2. The van der Waals surface area contributed by atoms with Gasteiger partial charge >= 0.3 is 0 Å². The van der Waals surface area contributed by atoms with Gasteiger partial charge in [-0.25, -0.2) is 0 Å². The molecule has 1 aliphatic heterocycles. The molecule has 4 heteroatoms. The Morgan fingerprint density at radius 3 is 2.20 bits per heavy atom. The second-order valence-electron chi connectivity index (χ2n) is 12.9. The van der Waals surface area contributed by atoms with Gasteiger partial charge in [0.1, 0.15) is 0 Å². The second-order valence-corrected chi connectivity index (χ2v) is 13.3. The lowest BCUT2D eigenvalue weighted by Crippen LogP contribution is -2.22. The number of hydrogen-bond donors (Lipinski definition) is 1. The van der Waals surface area contributed by atoms with Crippen molar-refractivity contribution in [3.8, 4) is 0 Å². The van der Waals surface area contributed by atoms with Gasteiger partial charge in [0.25, 0.3) is 0 Å². The Morgan fingerprint density at radius 2 is 1.51 bits per heavy atom. The fourth-order valence-electron chi connectivity index (χ4n) is 7.10. The Hall–Kier alpha value is -3.72. The van der Waals surface area contributed by atoms with Crippen LogP contribution in [0.5, 0.6) is 0 Å². The molecule has 6 rings (SSSR count). The first kappa shape index (κ1) is 32.7. The average molecular weight is 636 g/mol. The number of likely N-dealkylation sites (N-methyl/N-ethyl adjacent to an activating group) is 1. The van der Waals surface area contributed by atoms with Crippen LogP contribution in [-0.4, -0.2) is 20.5 Å². The summed E-state index contributed by atoms with van der Waals surface area (Å²) in [6.45, 7) is 13.7. The zero-order valence-electron chi connectivity index (χ0n) is 27.6. The highest BCUT2D eigenvalue weighted by Gasteiger charge is 2.39. The molecule has 0 saturated carbocycles. The minimum atomic E-state index is -0.276. The molecular weight excluding hydrogens is 591 g/mol. The van der Waals surface area contributed by atoms with Gasteiger partial charge in [-0.1, -0.05) is 125 Å². The van der Waals surface area contributed by atoms with Gasteiger partial charge in [0.05, 0.1) is 0 Å². The maximum atomic E-state index is 7.02. The van der Waals surface area contributed by atoms with Crippen LogP contribution in [0.3, 0.4) is 0 Å². The molecular formula is C41H44Cl2N2. The van der Waals surface area contributed by atoms with Crippen molar-refractivity contribution in [2.45, 2.75) is 51.4 Å². The van der Waals surface area contributed by atoms with Crippen LogP contribution in [0.1, 0.15) is 51.7 Å². The zero-order chi connectivity index (χ0) is 32.5. The van der Waals surface area contributed by atoms with Crippen LogP contribution in [-0.2, 0) is 10.8 Å². The predicted octanol–water partition coefficient (Wildman–Crippen LogP) is 11.8. The van der Waals surface area contributed by atoms with Gasteiger partial charge in [-0.3, -0.25) is 0 Å². The van der Waals surface area contributed by atoms with Crippen molar-refractivity contribution in [1.82, 2.24) is 0 Å². The molecule has 0 radical (unpaired) electrons. The molecule has 0 amide bonds. The maximum Gasteiger partial charge on any atom is 0.0470 e. The summed E-state index contributed by atoms with van der Waals surface area (Å²) >= 11 is 11.7. The SMILES string of the molecule is C=C(/C=C/C1=C(Cl)C(=C\C=C2/N(C)c3ccc4ccccc4c3C2(C)C)/CC1)C(C)(C)c1c(NC)ccc2ccccc12.CCl. The van der Waals surface area contributed by atoms with E-state index in [0.29, 0.717) is 0 Å². The average Bonchev–Trinajstić information content (AvgIpc) is 3.50. The first-order chi connectivity index (χ1) is 21.6. The normalized spacial score (nSPS) is 17.8. The fourth-order valence-corrected chi connectivity index (χ4v) is 7.42. The highest BCUT2D eigenvalue weighted by molar-refractivity contribution is 6.33. The molecule has 0 bridgehead atoms. The molecule has 1 heterocycles. The summed E-state index contributed by atoms with van der Waals surface area (Å²) in [6.07, 6.45) is 12.2. The molecule has 232 valence electrons. The van der Waals surface area contributed by atoms with E-state index in [1.54, 1.807) is 0 Å². The van der Waals surface area contributed by atoms with Gasteiger partial charge < -0.3 is 10.2 Å². The van der Waals surface area contributed by atoms with Crippen LogP contribution < -0.4 is 10.2 Å². The van der Waals surface area contributed by atoms with E-state index >= 15 is 0 Å². The number of nitrogens with one attached hydrogen (secondary N) is 1. The van der Waals surface area contributed by atoms with Gasteiger partial charge in [0.15, 0.2) is 0 Å². The molecule has 45 heavy (non-hydrogen) atoms. The molecule has 2 nitrogen and oxygen atoms in total. The van der Waals surface area contributed by atoms with Gasteiger partial charge in [0.2, 0.25) is 0 Å². The lowest BCUT2D eigenvalue weighted by atomic mass is 9.75.